The Morgan fingerprint density at radius 2 is 2.17 bits per heavy atom. The summed E-state index contributed by atoms with van der Waals surface area (Å²) in [5.41, 5.74) is 2.04. The smallest absolute Gasteiger partial charge is 0.134 e. The Balaban J connectivity index is 2.13. The van der Waals surface area contributed by atoms with Crippen molar-refractivity contribution in [2.24, 2.45) is 0 Å². The molecule has 0 saturated heterocycles. The third kappa shape index (κ3) is 2.72. The molecule has 0 radical (unpaired) electrons. The van der Waals surface area contributed by atoms with Gasteiger partial charge >= 0.3 is 0 Å². The van der Waals surface area contributed by atoms with Crippen LogP contribution in [0.4, 0.5) is 0 Å². The molecule has 2 aromatic rings. The highest BCUT2D eigenvalue weighted by Gasteiger charge is 2.12. The van der Waals surface area contributed by atoms with Crippen LogP contribution >= 0.6 is 0 Å². The molecule has 98 valence electrons. The molecule has 0 saturated carbocycles. The van der Waals surface area contributed by atoms with Gasteiger partial charge in [-0.2, -0.15) is 0 Å². The van der Waals surface area contributed by atoms with E-state index in [0.717, 1.165) is 22.3 Å². The molecular weight excluding hydrogens is 230 g/mol. The lowest BCUT2D eigenvalue weighted by Crippen LogP contribution is -2.35. The summed E-state index contributed by atoms with van der Waals surface area (Å²) in [5.74, 6) is 0.915. The number of hydrogen-bond donors (Lipinski definition) is 2. The number of hydrogen-bond acceptors (Lipinski definition) is 4. The molecular formula is C14H19NO3. The molecule has 18 heavy (non-hydrogen) atoms. The minimum Gasteiger partial charge on any atom is -0.461 e. The summed E-state index contributed by atoms with van der Waals surface area (Å²) in [6.07, 6.45) is 0. The first kappa shape index (κ1) is 13.1. The molecule has 4 heteroatoms. The summed E-state index contributed by atoms with van der Waals surface area (Å²) in [5, 5.41) is 13.6. The fourth-order valence-electron chi connectivity index (χ4n) is 2.06. The number of aliphatic hydroxyl groups excluding tert-OH is 1. The van der Waals surface area contributed by atoms with E-state index < -0.39 is 0 Å². The second-order valence-corrected chi connectivity index (χ2v) is 4.35. The Morgan fingerprint density at radius 3 is 2.89 bits per heavy atom. The van der Waals surface area contributed by atoms with Gasteiger partial charge in [0.15, 0.2) is 0 Å². The average molecular weight is 249 g/mol. The molecule has 0 aliphatic rings. The van der Waals surface area contributed by atoms with Gasteiger partial charge in [-0.3, -0.25) is 0 Å². The van der Waals surface area contributed by atoms with Crippen LogP contribution in [0.25, 0.3) is 11.0 Å². The number of methoxy groups -OCH3 is 1. The molecule has 1 heterocycles. The van der Waals surface area contributed by atoms with E-state index in [4.69, 9.17) is 9.15 Å². The van der Waals surface area contributed by atoms with Crippen molar-refractivity contribution in [1.29, 1.82) is 0 Å². The number of para-hydroxylation sites is 1. The Bertz CT molecular complexity index is 507. The molecule has 2 N–H and O–H groups in total. The monoisotopic (exact) mass is 249 g/mol. The highest BCUT2D eigenvalue weighted by molar-refractivity contribution is 5.82. The van der Waals surface area contributed by atoms with E-state index in [0.29, 0.717) is 13.2 Å². The molecule has 1 aromatic carbocycles. The highest BCUT2D eigenvalue weighted by atomic mass is 16.5. The number of rotatable bonds is 6. The molecule has 0 fully saturated rings. The van der Waals surface area contributed by atoms with Crippen molar-refractivity contribution in [3.63, 3.8) is 0 Å². The van der Waals surface area contributed by atoms with Gasteiger partial charge in [0.25, 0.3) is 0 Å². The van der Waals surface area contributed by atoms with Crippen LogP contribution in [0, 0.1) is 6.92 Å². The Labute approximate surface area is 107 Å². The van der Waals surface area contributed by atoms with Crippen molar-refractivity contribution in [3.8, 4) is 0 Å². The van der Waals surface area contributed by atoms with Gasteiger partial charge < -0.3 is 19.6 Å². The SMILES string of the molecule is COCC(CO)NCc1c(C)oc2ccccc12. The van der Waals surface area contributed by atoms with Crippen molar-refractivity contribution >= 4 is 11.0 Å². The minimum atomic E-state index is -0.0527. The minimum absolute atomic E-state index is 0.0527. The van der Waals surface area contributed by atoms with Gasteiger partial charge in [0.1, 0.15) is 11.3 Å². The third-order valence-corrected chi connectivity index (χ3v) is 3.06. The quantitative estimate of drug-likeness (QED) is 0.820. The van der Waals surface area contributed by atoms with Crippen LogP contribution in [-0.4, -0.2) is 31.5 Å². The second-order valence-electron chi connectivity index (χ2n) is 4.35. The number of aliphatic hydroxyl groups is 1. The second kappa shape index (κ2) is 6.00. The van der Waals surface area contributed by atoms with Crippen molar-refractivity contribution < 1.29 is 14.3 Å². The molecule has 0 amide bonds. The molecule has 1 atom stereocenters. The Morgan fingerprint density at radius 1 is 1.39 bits per heavy atom. The zero-order valence-corrected chi connectivity index (χ0v) is 10.8. The van der Waals surface area contributed by atoms with Crippen LogP contribution in [-0.2, 0) is 11.3 Å². The molecule has 0 aliphatic heterocycles. The lowest BCUT2D eigenvalue weighted by molar-refractivity contribution is 0.128. The van der Waals surface area contributed by atoms with E-state index in [9.17, 15) is 5.11 Å². The normalized spacial score (nSPS) is 13.1. The van der Waals surface area contributed by atoms with Gasteiger partial charge in [-0.05, 0) is 13.0 Å². The summed E-state index contributed by atoms with van der Waals surface area (Å²) in [6.45, 7) is 3.17. The van der Waals surface area contributed by atoms with Crippen molar-refractivity contribution in [1.82, 2.24) is 5.32 Å². The van der Waals surface area contributed by atoms with Crippen molar-refractivity contribution in [3.05, 3.63) is 35.6 Å². The first-order chi connectivity index (χ1) is 8.76. The maximum Gasteiger partial charge on any atom is 0.134 e. The maximum absolute atomic E-state index is 9.20. The lowest BCUT2D eigenvalue weighted by atomic mass is 10.1. The summed E-state index contributed by atoms with van der Waals surface area (Å²) in [7, 11) is 1.63. The van der Waals surface area contributed by atoms with E-state index in [1.54, 1.807) is 7.11 Å². The van der Waals surface area contributed by atoms with Gasteiger partial charge in [0.2, 0.25) is 0 Å². The van der Waals surface area contributed by atoms with Gasteiger partial charge in [-0.25, -0.2) is 0 Å². The first-order valence-corrected chi connectivity index (χ1v) is 6.06. The molecule has 1 aromatic heterocycles. The number of fused-ring (bicyclic) bond motifs is 1. The van der Waals surface area contributed by atoms with Crippen LogP contribution in [0.5, 0.6) is 0 Å². The van der Waals surface area contributed by atoms with Gasteiger partial charge in [-0.1, -0.05) is 18.2 Å². The molecule has 4 nitrogen and oxygen atoms in total. The van der Waals surface area contributed by atoms with Crippen LogP contribution in [0.1, 0.15) is 11.3 Å². The number of aryl methyl sites for hydroxylation is 1. The first-order valence-electron chi connectivity index (χ1n) is 6.06. The van der Waals surface area contributed by atoms with E-state index in [-0.39, 0.29) is 12.6 Å². The van der Waals surface area contributed by atoms with Gasteiger partial charge in [0.05, 0.1) is 19.3 Å². The molecule has 0 bridgehead atoms. The van der Waals surface area contributed by atoms with Gasteiger partial charge in [0, 0.05) is 24.6 Å². The largest absolute Gasteiger partial charge is 0.461 e. The van der Waals surface area contributed by atoms with Crippen LogP contribution in [0.2, 0.25) is 0 Å². The summed E-state index contributed by atoms with van der Waals surface area (Å²) in [6, 6.07) is 7.92. The molecule has 0 aliphatic carbocycles. The standard InChI is InChI=1S/C14H19NO3/c1-10-13(7-15-11(8-16)9-17-2)12-5-3-4-6-14(12)18-10/h3-6,11,15-16H,7-9H2,1-2H3. The summed E-state index contributed by atoms with van der Waals surface area (Å²) in [4.78, 5) is 0. The highest BCUT2D eigenvalue weighted by Crippen LogP contribution is 2.24. The van der Waals surface area contributed by atoms with E-state index in [2.05, 4.69) is 5.32 Å². The Kier molecular flexibility index (Phi) is 4.36. The predicted molar refractivity (Wildman–Crippen MR) is 70.5 cm³/mol. The molecule has 1 unspecified atom stereocenters. The fourth-order valence-corrected chi connectivity index (χ4v) is 2.06. The summed E-state index contributed by atoms with van der Waals surface area (Å²) >= 11 is 0. The third-order valence-electron chi connectivity index (χ3n) is 3.06. The summed E-state index contributed by atoms with van der Waals surface area (Å²) < 4.78 is 10.7. The van der Waals surface area contributed by atoms with E-state index in [1.165, 1.54) is 0 Å². The fraction of sp³-hybridized carbons (Fsp3) is 0.429. The van der Waals surface area contributed by atoms with Gasteiger partial charge in [-0.15, -0.1) is 0 Å². The molecule has 2 rings (SSSR count). The van der Waals surface area contributed by atoms with Crippen molar-refractivity contribution in [2.45, 2.75) is 19.5 Å². The maximum atomic E-state index is 9.20. The van der Waals surface area contributed by atoms with Crippen LogP contribution < -0.4 is 5.32 Å². The number of nitrogens with one attached hydrogen (secondary N) is 1. The zero-order valence-electron chi connectivity index (χ0n) is 10.8. The topological polar surface area (TPSA) is 54.6 Å². The average Bonchev–Trinajstić information content (AvgIpc) is 2.70. The number of ether oxygens (including phenoxy) is 1. The van der Waals surface area contributed by atoms with Crippen LogP contribution in [0.3, 0.4) is 0 Å². The Hall–Kier alpha value is -1.36. The number of furan rings is 1. The lowest BCUT2D eigenvalue weighted by Gasteiger charge is -2.14. The van der Waals surface area contributed by atoms with Crippen molar-refractivity contribution in [2.75, 3.05) is 20.3 Å². The predicted octanol–water partition coefficient (Wildman–Crippen LogP) is 1.84. The van der Waals surface area contributed by atoms with E-state index in [1.807, 2.05) is 31.2 Å². The number of benzene rings is 1. The zero-order chi connectivity index (χ0) is 13.0. The molecule has 0 spiro atoms. The van der Waals surface area contributed by atoms with Crippen LogP contribution in [0.15, 0.2) is 28.7 Å². The van der Waals surface area contributed by atoms with E-state index >= 15 is 0 Å².